The van der Waals surface area contributed by atoms with E-state index in [-0.39, 0.29) is 0 Å². The van der Waals surface area contributed by atoms with Crippen LogP contribution in [0.15, 0.2) is 36.4 Å². The van der Waals surface area contributed by atoms with E-state index in [0.717, 1.165) is 6.54 Å². The maximum atomic E-state index is 5.51. The predicted octanol–water partition coefficient (Wildman–Crippen LogP) is 7.51. The van der Waals surface area contributed by atoms with Crippen molar-refractivity contribution in [2.45, 2.75) is 103 Å². The Kier molecular flexibility index (Phi) is 15.3. The van der Waals surface area contributed by atoms with Crippen molar-refractivity contribution in [2.75, 3.05) is 6.54 Å². The van der Waals surface area contributed by atoms with E-state index in [0.29, 0.717) is 0 Å². The molecule has 1 nitrogen and oxygen atoms in total. The number of unbranched alkanes of at least 4 members (excludes halogenated alkanes) is 12. The van der Waals surface area contributed by atoms with Gasteiger partial charge in [-0.2, -0.15) is 0 Å². The van der Waals surface area contributed by atoms with E-state index in [1.807, 2.05) is 0 Å². The van der Waals surface area contributed by atoms with Crippen LogP contribution in [-0.4, -0.2) is 6.54 Å². The Balaban J connectivity index is 1.80. The van der Waals surface area contributed by atoms with E-state index in [1.54, 1.807) is 0 Å². The Morgan fingerprint density at radius 1 is 0.654 bits per heavy atom. The first-order valence-corrected chi connectivity index (χ1v) is 11.2. The first-order valence-electron chi connectivity index (χ1n) is 11.2. The number of nitrogens with two attached hydrogens (primary N) is 1. The molecule has 0 atom stereocenters. The Morgan fingerprint density at radius 3 is 1.73 bits per heavy atom. The zero-order valence-electron chi connectivity index (χ0n) is 17.4. The van der Waals surface area contributed by atoms with Crippen molar-refractivity contribution in [1.82, 2.24) is 0 Å². The molecule has 0 fully saturated rings. The lowest BCUT2D eigenvalue weighted by molar-refractivity contribution is 0.594. The zero-order valence-corrected chi connectivity index (χ0v) is 17.4. The monoisotopic (exact) mass is 357 g/mol. The van der Waals surface area contributed by atoms with Crippen molar-refractivity contribution < 1.29 is 0 Å². The van der Waals surface area contributed by atoms with Crippen LogP contribution >= 0.6 is 0 Å². The molecule has 0 heterocycles. The largest absolute Gasteiger partial charge is 0.330 e. The van der Waals surface area contributed by atoms with Gasteiger partial charge in [0.1, 0.15) is 0 Å². The van der Waals surface area contributed by atoms with Crippen LogP contribution in [0.2, 0.25) is 0 Å². The maximum absolute atomic E-state index is 5.51. The van der Waals surface area contributed by atoms with Crippen molar-refractivity contribution in [3.63, 3.8) is 0 Å². The van der Waals surface area contributed by atoms with E-state index in [2.05, 4.69) is 43.3 Å². The lowest BCUT2D eigenvalue weighted by Gasteiger charge is -2.05. The molecule has 0 saturated heterocycles. The van der Waals surface area contributed by atoms with Crippen LogP contribution < -0.4 is 5.73 Å². The minimum Gasteiger partial charge on any atom is -0.330 e. The van der Waals surface area contributed by atoms with Crippen LogP contribution in [0.25, 0.3) is 0 Å². The summed E-state index contributed by atoms with van der Waals surface area (Å²) < 4.78 is 0. The minimum absolute atomic E-state index is 0.857. The Bertz CT molecular complexity index is 449. The van der Waals surface area contributed by atoms with Crippen molar-refractivity contribution in [2.24, 2.45) is 5.73 Å². The van der Waals surface area contributed by atoms with Crippen LogP contribution in [0.3, 0.4) is 0 Å². The van der Waals surface area contributed by atoms with Gasteiger partial charge in [0.2, 0.25) is 0 Å². The Labute approximate surface area is 163 Å². The normalized spacial score (nSPS) is 11.5. The van der Waals surface area contributed by atoms with E-state index < -0.39 is 0 Å². The van der Waals surface area contributed by atoms with Gasteiger partial charge in [-0.1, -0.05) is 87.8 Å². The summed E-state index contributed by atoms with van der Waals surface area (Å²) in [5, 5.41) is 0. The molecule has 0 aromatic heterocycles. The number of hydrogen-bond donors (Lipinski definition) is 1. The van der Waals surface area contributed by atoms with Gasteiger partial charge in [0.15, 0.2) is 0 Å². The van der Waals surface area contributed by atoms with Crippen LogP contribution in [0.5, 0.6) is 0 Å². The highest BCUT2D eigenvalue weighted by Gasteiger charge is 1.97. The molecule has 0 amide bonds. The number of hydrogen-bond acceptors (Lipinski definition) is 1. The number of aryl methyl sites for hydroxylation is 2. The molecule has 0 saturated carbocycles. The fraction of sp³-hybridized carbons (Fsp3) is 0.680. The summed E-state index contributed by atoms with van der Waals surface area (Å²) in [6, 6.07) is 8.81. The molecule has 0 unspecified atom stereocenters. The third-order valence-corrected chi connectivity index (χ3v) is 5.32. The van der Waals surface area contributed by atoms with Crippen molar-refractivity contribution in [3.05, 3.63) is 47.5 Å². The van der Waals surface area contributed by atoms with Gasteiger partial charge in [0.25, 0.3) is 0 Å². The summed E-state index contributed by atoms with van der Waals surface area (Å²) in [7, 11) is 0. The number of rotatable bonds is 17. The van der Waals surface area contributed by atoms with E-state index in [4.69, 9.17) is 5.73 Å². The topological polar surface area (TPSA) is 26.0 Å². The molecule has 0 spiro atoms. The molecule has 0 aliphatic rings. The fourth-order valence-corrected chi connectivity index (χ4v) is 3.52. The Hall–Kier alpha value is -1.08. The molecule has 1 aromatic rings. The third-order valence-electron chi connectivity index (χ3n) is 5.32. The lowest BCUT2D eigenvalue weighted by atomic mass is 10.0. The highest BCUT2D eigenvalue weighted by Crippen LogP contribution is 2.14. The molecule has 1 heteroatoms. The molecule has 148 valence electrons. The standard InChI is InChI=1S/C25H43N/c1-24-20-17-18-22-25(24)21-16-14-12-10-8-6-4-2-3-5-7-9-11-13-15-19-23-26/h2-3,17-18,20,22H,4-16,19,21,23,26H2,1H3/b3-2-. The summed E-state index contributed by atoms with van der Waals surface area (Å²) in [6.45, 7) is 3.09. The maximum Gasteiger partial charge on any atom is -0.00773 e. The molecule has 1 aromatic carbocycles. The fourth-order valence-electron chi connectivity index (χ4n) is 3.52. The summed E-state index contributed by atoms with van der Waals surface area (Å²) in [6.07, 6.45) is 24.9. The molecule has 26 heavy (non-hydrogen) atoms. The van der Waals surface area contributed by atoms with Crippen LogP contribution in [0.4, 0.5) is 0 Å². The molecule has 0 aliphatic carbocycles. The first-order chi connectivity index (χ1) is 12.8. The second-order valence-corrected chi connectivity index (χ2v) is 7.76. The van der Waals surface area contributed by atoms with Crippen molar-refractivity contribution in [1.29, 1.82) is 0 Å². The molecular formula is C25H43N. The summed E-state index contributed by atoms with van der Waals surface area (Å²) in [4.78, 5) is 0. The van der Waals surface area contributed by atoms with E-state index in [1.165, 1.54) is 107 Å². The summed E-state index contributed by atoms with van der Waals surface area (Å²) in [5.74, 6) is 0. The predicted molar refractivity (Wildman–Crippen MR) is 118 cm³/mol. The van der Waals surface area contributed by atoms with E-state index in [9.17, 15) is 0 Å². The molecular weight excluding hydrogens is 314 g/mol. The van der Waals surface area contributed by atoms with Gasteiger partial charge in [0, 0.05) is 0 Å². The molecule has 2 N–H and O–H groups in total. The van der Waals surface area contributed by atoms with Gasteiger partial charge in [-0.05, 0) is 69.5 Å². The molecule has 1 rings (SSSR count). The van der Waals surface area contributed by atoms with Gasteiger partial charge >= 0.3 is 0 Å². The first kappa shape index (κ1) is 23.0. The zero-order chi connectivity index (χ0) is 18.7. The quantitative estimate of drug-likeness (QED) is 0.226. The second-order valence-electron chi connectivity index (χ2n) is 7.76. The van der Waals surface area contributed by atoms with Gasteiger partial charge in [0.05, 0.1) is 0 Å². The second kappa shape index (κ2) is 17.3. The smallest absolute Gasteiger partial charge is 0.00773 e. The van der Waals surface area contributed by atoms with Gasteiger partial charge < -0.3 is 5.73 Å². The Morgan fingerprint density at radius 2 is 1.15 bits per heavy atom. The average Bonchev–Trinajstić information content (AvgIpc) is 2.65. The van der Waals surface area contributed by atoms with Gasteiger partial charge in [-0.15, -0.1) is 0 Å². The van der Waals surface area contributed by atoms with Crippen molar-refractivity contribution >= 4 is 0 Å². The average molecular weight is 358 g/mol. The lowest BCUT2D eigenvalue weighted by Crippen LogP contribution is -1.97. The summed E-state index contributed by atoms with van der Waals surface area (Å²) >= 11 is 0. The number of benzene rings is 1. The van der Waals surface area contributed by atoms with Gasteiger partial charge in [-0.25, -0.2) is 0 Å². The molecule has 0 bridgehead atoms. The summed E-state index contributed by atoms with van der Waals surface area (Å²) in [5.41, 5.74) is 8.49. The molecule has 0 radical (unpaired) electrons. The third kappa shape index (κ3) is 13.2. The van der Waals surface area contributed by atoms with E-state index >= 15 is 0 Å². The minimum atomic E-state index is 0.857. The highest BCUT2D eigenvalue weighted by atomic mass is 14.5. The SMILES string of the molecule is Cc1ccccc1CCCCCCCC/C=C\CCCCCCCCN. The van der Waals surface area contributed by atoms with Crippen LogP contribution in [0.1, 0.15) is 101 Å². The molecule has 0 aliphatic heterocycles. The van der Waals surface area contributed by atoms with Gasteiger partial charge in [-0.3, -0.25) is 0 Å². The number of allylic oxidation sites excluding steroid dienone is 2. The van der Waals surface area contributed by atoms with Crippen LogP contribution in [-0.2, 0) is 6.42 Å². The van der Waals surface area contributed by atoms with Crippen LogP contribution in [0, 0.1) is 6.92 Å². The van der Waals surface area contributed by atoms with Crippen molar-refractivity contribution in [3.8, 4) is 0 Å². The highest BCUT2D eigenvalue weighted by molar-refractivity contribution is 5.25.